The summed E-state index contributed by atoms with van der Waals surface area (Å²) in [5.41, 5.74) is 2.13. The number of thiazole rings is 1. The SMILES string of the molecule is CCCCC(=O)N=c1sc2cc(C(C)C)ccc2n1CC(=O)OCC. The fourth-order valence-electron chi connectivity index (χ4n) is 2.51. The van der Waals surface area contributed by atoms with Gasteiger partial charge in [-0.25, -0.2) is 0 Å². The highest BCUT2D eigenvalue weighted by atomic mass is 32.1. The van der Waals surface area contributed by atoms with Crippen LogP contribution in [0.25, 0.3) is 10.2 Å². The molecule has 0 spiro atoms. The number of amides is 1. The third-order valence-corrected chi connectivity index (χ3v) is 4.97. The van der Waals surface area contributed by atoms with E-state index in [1.165, 1.54) is 16.9 Å². The maximum absolute atomic E-state index is 12.1. The summed E-state index contributed by atoms with van der Waals surface area (Å²) < 4.78 is 7.88. The van der Waals surface area contributed by atoms with Gasteiger partial charge in [0.05, 0.1) is 16.8 Å². The highest BCUT2D eigenvalue weighted by Gasteiger charge is 2.13. The molecule has 1 heterocycles. The molecule has 0 saturated carbocycles. The molecule has 136 valence electrons. The van der Waals surface area contributed by atoms with E-state index in [9.17, 15) is 9.59 Å². The normalized spacial score (nSPS) is 12.1. The maximum atomic E-state index is 12.1. The van der Waals surface area contributed by atoms with Gasteiger partial charge in [0.25, 0.3) is 0 Å². The molecule has 0 fully saturated rings. The molecule has 0 N–H and O–H groups in total. The number of ether oxygens (including phenoxy) is 1. The zero-order valence-electron chi connectivity index (χ0n) is 15.4. The molecule has 6 heteroatoms. The summed E-state index contributed by atoms with van der Waals surface area (Å²) in [7, 11) is 0. The van der Waals surface area contributed by atoms with Crippen LogP contribution in [0, 0.1) is 0 Å². The molecule has 0 aliphatic carbocycles. The molecular formula is C19H26N2O3S. The zero-order valence-corrected chi connectivity index (χ0v) is 16.2. The van der Waals surface area contributed by atoms with Gasteiger partial charge in [-0.1, -0.05) is 44.6 Å². The minimum absolute atomic E-state index is 0.0642. The van der Waals surface area contributed by atoms with Crippen molar-refractivity contribution in [3.8, 4) is 0 Å². The number of carbonyl (C=O) groups excluding carboxylic acids is 2. The Kier molecular flexibility index (Phi) is 6.93. The first-order valence-electron chi connectivity index (χ1n) is 8.82. The van der Waals surface area contributed by atoms with Crippen molar-refractivity contribution in [2.75, 3.05) is 6.61 Å². The Morgan fingerprint density at radius 1 is 1.28 bits per heavy atom. The van der Waals surface area contributed by atoms with Gasteiger partial charge in [-0.2, -0.15) is 4.99 Å². The number of nitrogens with zero attached hydrogens (tertiary/aromatic N) is 2. The number of rotatable bonds is 7. The van der Waals surface area contributed by atoms with Gasteiger partial charge in [0.2, 0.25) is 5.91 Å². The van der Waals surface area contributed by atoms with E-state index in [0.29, 0.717) is 23.7 Å². The number of aromatic nitrogens is 1. The van der Waals surface area contributed by atoms with E-state index >= 15 is 0 Å². The highest BCUT2D eigenvalue weighted by Crippen LogP contribution is 2.23. The third kappa shape index (κ3) is 5.01. The van der Waals surface area contributed by atoms with Crippen molar-refractivity contribution in [1.29, 1.82) is 0 Å². The van der Waals surface area contributed by atoms with Gasteiger partial charge in [-0.15, -0.1) is 0 Å². The van der Waals surface area contributed by atoms with Crippen LogP contribution < -0.4 is 4.80 Å². The molecule has 5 nitrogen and oxygen atoms in total. The fraction of sp³-hybridized carbons (Fsp3) is 0.526. The quantitative estimate of drug-likeness (QED) is 0.699. The summed E-state index contributed by atoms with van der Waals surface area (Å²) >= 11 is 1.45. The second-order valence-corrected chi connectivity index (χ2v) is 7.28. The first-order valence-corrected chi connectivity index (χ1v) is 9.64. The standard InChI is InChI=1S/C19H26N2O3S/c1-5-7-8-17(22)20-19-21(12-18(23)24-6-2)15-10-9-14(13(3)4)11-16(15)25-19/h9-11,13H,5-8,12H2,1-4H3. The second kappa shape index (κ2) is 8.94. The van der Waals surface area contributed by atoms with E-state index in [1.807, 2.05) is 13.0 Å². The Bertz CT molecular complexity index is 818. The van der Waals surface area contributed by atoms with Gasteiger partial charge >= 0.3 is 5.97 Å². The number of fused-ring (bicyclic) bond motifs is 1. The predicted octanol–water partition coefficient (Wildman–Crippen LogP) is 4.01. The summed E-state index contributed by atoms with van der Waals surface area (Å²) in [6, 6.07) is 6.17. The molecule has 0 bridgehead atoms. The Balaban J connectivity index is 2.51. The Morgan fingerprint density at radius 3 is 2.68 bits per heavy atom. The van der Waals surface area contributed by atoms with Crippen molar-refractivity contribution < 1.29 is 14.3 Å². The van der Waals surface area contributed by atoms with E-state index in [2.05, 4.69) is 31.0 Å². The average molecular weight is 362 g/mol. The van der Waals surface area contributed by atoms with E-state index < -0.39 is 0 Å². The first-order chi connectivity index (χ1) is 12.0. The van der Waals surface area contributed by atoms with E-state index in [0.717, 1.165) is 23.1 Å². The lowest BCUT2D eigenvalue weighted by molar-refractivity contribution is -0.143. The van der Waals surface area contributed by atoms with E-state index in [4.69, 9.17) is 4.74 Å². The largest absolute Gasteiger partial charge is 0.465 e. The van der Waals surface area contributed by atoms with Crippen LogP contribution in [0.4, 0.5) is 0 Å². The zero-order chi connectivity index (χ0) is 18.4. The van der Waals surface area contributed by atoms with E-state index in [-0.39, 0.29) is 18.4 Å². The van der Waals surface area contributed by atoms with Crippen LogP contribution in [0.15, 0.2) is 23.2 Å². The van der Waals surface area contributed by atoms with Crippen LogP contribution in [0.2, 0.25) is 0 Å². The molecule has 1 aromatic carbocycles. The van der Waals surface area contributed by atoms with Crippen LogP contribution in [-0.2, 0) is 20.9 Å². The van der Waals surface area contributed by atoms with Crippen LogP contribution in [-0.4, -0.2) is 23.1 Å². The van der Waals surface area contributed by atoms with Crippen molar-refractivity contribution >= 4 is 33.4 Å². The first kappa shape index (κ1) is 19.4. The fourth-order valence-corrected chi connectivity index (χ4v) is 3.61. The number of unbranched alkanes of at least 4 members (excludes halogenated alkanes) is 1. The lowest BCUT2D eigenvalue weighted by Crippen LogP contribution is -2.23. The van der Waals surface area contributed by atoms with Crippen molar-refractivity contribution in [2.24, 2.45) is 4.99 Å². The molecule has 0 unspecified atom stereocenters. The minimum Gasteiger partial charge on any atom is -0.465 e. The van der Waals surface area contributed by atoms with Gasteiger partial charge in [0, 0.05) is 6.42 Å². The van der Waals surface area contributed by atoms with Crippen molar-refractivity contribution in [3.63, 3.8) is 0 Å². The van der Waals surface area contributed by atoms with Crippen molar-refractivity contribution in [2.45, 2.75) is 59.4 Å². The maximum Gasteiger partial charge on any atom is 0.326 e. The summed E-state index contributed by atoms with van der Waals surface area (Å²) in [6.07, 6.45) is 2.21. The Labute approximate surface area is 152 Å². The van der Waals surface area contributed by atoms with Crippen molar-refractivity contribution in [3.05, 3.63) is 28.6 Å². The lowest BCUT2D eigenvalue weighted by Gasteiger charge is -2.07. The smallest absolute Gasteiger partial charge is 0.326 e. The molecule has 0 saturated heterocycles. The van der Waals surface area contributed by atoms with Gasteiger partial charge in [0.15, 0.2) is 4.80 Å². The molecule has 2 aromatic rings. The molecular weight excluding hydrogens is 336 g/mol. The number of carbonyl (C=O) groups is 2. The number of benzene rings is 1. The summed E-state index contributed by atoms with van der Waals surface area (Å²) in [5.74, 6) is -0.0516. The van der Waals surface area contributed by atoms with Crippen LogP contribution >= 0.6 is 11.3 Å². The Hall–Kier alpha value is -1.95. The average Bonchev–Trinajstić information content (AvgIpc) is 2.89. The number of esters is 1. The van der Waals surface area contributed by atoms with E-state index in [1.54, 1.807) is 11.5 Å². The van der Waals surface area contributed by atoms with Crippen LogP contribution in [0.1, 0.15) is 58.4 Å². The molecule has 0 aliphatic rings. The van der Waals surface area contributed by atoms with Crippen LogP contribution in [0.3, 0.4) is 0 Å². The number of hydrogen-bond acceptors (Lipinski definition) is 4. The molecule has 0 radical (unpaired) electrons. The summed E-state index contributed by atoms with van der Waals surface area (Å²) in [5, 5.41) is 0. The monoisotopic (exact) mass is 362 g/mol. The van der Waals surface area contributed by atoms with Crippen molar-refractivity contribution in [1.82, 2.24) is 4.57 Å². The van der Waals surface area contributed by atoms with Gasteiger partial charge in [-0.3, -0.25) is 9.59 Å². The van der Waals surface area contributed by atoms with Crippen LogP contribution in [0.5, 0.6) is 0 Å². The minimum atomic E-state index is -0.322. The molecule has 2 rings (SSSR count). The molecule has 0 aliphatic heterocycles. The second-order valence-electron chi connectivity index (χ2n) is 6.27. The van der Waals surface area contributed by atoms with Gasteiger partial charge in [-0.05, 0) is 37.0 Å². The molecule has 1 aromatic heterocycles. The molecule has 0 atom stereocenters. The number of hydrogen-bond donors (Lipinski definition) is 0. The predicted molar refractivity (Wildman–Crippen MR) is 101 cm³/mol. The summed E-state index contributed by atoms with van der Waals surface area (Å²) in [6.45, 7) is 8.50. The Morgan fingerprint density at radius 2 is 2.04 bits per heavy atom. The summed E-state index contributed by atoms with van der Waals surface area (Å²) in [4.78, 5) is 28.9. The lowest BCUT2D eigenvalue weighted by atomic mass is 10.0. The third-order valence-electron chi connectivity index (χ3n) is 3.93. The van der Waals surface area contributed by atoms with Gasteiger partial charge in [0.1, 0.15) is 6.54 Å². The van der Waals surface area contributed by atoms with Gasteiger partial charge < -0.3 is 9.30 Å². The highest BCUT2D eigenvalue weighted by molar-refractivity contribution is 7.16. The molecule has 1 amide bonds. The topological polar surface area (TPSA) is 60.7 Å². The molecule has 25 heavy (non-hydrogen) atoms.